The van der Waals surface area contributed by atoms with Crippen LogP contribution in [0.5, 0.6) is 0 Å². The maximum atomic E-state index is 11.9. The highest BCUT2D eigenvalue weighted by molar-refractivity contribution is 6.03. The molecule has 3 rings (SSSR count). The normalized spacial score (nSPS) is 17.7. The van der Waals surface area contributed by atoms with Crippen LogP contribution in [0.1, 0.15) is 12.7 Å². The molecule has 112 valence electrons. The van der Waals surface area contributed by atoms with Crippen molar-refractivity contribution in [3.05, 3.63) is 42.4 Å². The standard InChI is InChI=1S/C15H15N5O2/c1-9-14(21)20(15(22)18-9)8-12-17-7-11(16)13(19-12)10-5-3-2-4-6-10/h2-7,9H,8,16H2,1H3,(H,18,22). The van der Waals surface area contributed by atoms with Gasteiger partial charge in [0.1, 0.15) is 11.9 Å². The molecule has 1 atom stereocenters. The van der Waals surface area contributed by atoms with Crippen molar-refractivity contribution in [1.29, 1.82) is 0 Å². The highest BCUT2D eigenvalue weighted by Gasteiger charge is 2.35. The van der Waals surface area contributed by atoms with E-state index in [1.165, 1.54) is 6.20 Å². The number of rotatable bonds is 3. The Morgan fingerprint density at radius 1 is 1.27 bits per heavy atom. The van der Waals surface area contributed by atoms with E-state index in [2.05, 4.69) is 15.3 Å². The topological polar surface area (TPSA) is 101 Å². The molecule has 1 aliphatic rings. The summed E-state index contributed by atoms with van der Waals surface area (Å²) in [4.78, 5) is 33.2. The molecule has 7 nitrogen and oxygen atoms in total. The minimum absolute atomic E-state index is 0.0229. The summed E-state index contributed by atoms with van der Waals surface area (Å²) in [5, 5.41) is 2.55. The number of hydrogen-bond donors (Lipinski definition) is 2. The average Bonchev–Trinajstić information content (AvgIpc) is 2.76. The molecule has 0 saturated carbocycles. The molecule has 2 aromatic rings. The summed E-state index contributed by atoms with van der Waals surface area (Å²) in [5.41, 5.74) is 7.81. The van der Waals surface area contributed by atoms with Gasteiger partial charge in [0, 0.05) is 5.56 Å². The van der Waals surface area contributed by atoms with E-state index in [1.54, 1.807) is 6.92 Å². The molecule has 0 spiro atoms. The average molecular weight is 297 g/mol. The number of benzene rings is 1. The zero-order chi connectivity index (χ0) is 15.7. The highest BCUT2D eigenvalue weighted by Crippen LogP contribution is 2.23. The van der Waals surface area contributed by atoms with Crippen molar-refractivity contribution in [2.45, 2.75) is 19.5 Å². The second-order valence-corrected chi connectivity index (χ2v) is 5.05. The smallest absolute Gasteiger partial charge is 0.325 e. The fraction of sp³-hybridized carbons (Fsp3) is 0.200. The number of carbonyl (C=O) groups is 2. The van der Waals surface area contributed by atoms with Crippen LogP contribution in [0.3, 0.4) is 0 Å². The maximum absolute atomic E-state index is 11.9. The predicted molar refractivity (Wildman–Crippen MR) is 80.4 cm³/mol. The van der Waals surface area contributed by atoms with Crippen LogP contribution in [0.15, 0.2) is 36.5 Å². The van der Waals surface area contributed by atoms with Gasteiger partial charge in [-0.25, -0.2) is 14.8 Å². The highest BCUT2D eigenvalue weighted by atomic mass is 16.2. The SMILES string of the molecule is CC1NC(=O)N(Cc2ncc(N)c(-c3ccccc3)n2)C1=O. The van der Waals surface area contributed by atoms with Crippen molar-refractivity contribution in [3.8, 4) is 11.3 Å². The fourth-order valence-electron chi connectivity index (χ4n) is 2.28. The molecule has 1 aromatic heterocycles. The summed E-state index contributed by atoms with van der Waals surface area (Å²) in [6, 6.07) is 8.49. The summed E-state index contributed by atoms with van der Waals surface area (Å²) in [7, 11) is 0. The number of anilines is 1. The first-order valence-corrected chi connectivity index (χ1v) is 6.85. The number of hydrogen-bond acceptors (Lipinski definition) is 5. The number of nitrogens with one attached hydrogen (secondary N) is 1. The van der Waals surface area contributed by atoms with Gasteiger partial charge in [0.25, 0.3) is 5.91 Å². The second-order valence-electron chi connectivity index (χ2n) is 5.05. The van der Waals surface area contributed by atoms with Crippen LogP contribution >= 0.6 is 0 Å². The van der Waals surface area contributed by atoms with E-state index in [1.807, 2.05) is 30.3 Å². The molecule has 1 aromatic carbocycles. The van der Waals surface area contributed by atoms with Crippen molar-refractivity contribution in [1.82, 2.24) is 20.2 Å². The third-order valence-corrected chi connectivity index (χ3v) is 3.44. The Kier molecular flexibility index (Phi) is 3.46. The van der Waals surface area contributed by atoms with Crippen molar-refractivity contribution < 1.29 is 9.59 Å². The Labute approximate surface area is 127 Å². The molecular formula is C15H15N5O2. The number of nitrogen functional groups attached to an aromatic ring is 1. The summed E-state index contributed by atoms with van der Waals surface area (Å²) >= 11 is 0. The maximum Gasteiger partial charge on any atom is 0.325 e. The number of amides is 3. The van der Waals surface area contributed by atoms with Gasteiger partial charge in [0.15, 0.2) is 0 Å². The molecule has 1 unspecified atom stereocenters. The summed E-state index contributed by atoms with van der Waals surface area (Å²) < 4.78 is 0. The van der Waals surface area contributed by atoms with E-state index in [9.17, 15) is 9.59 Å². The molecule has 3 N–H and O–H groups in total. The molecule has 3 amide bonds. The Bertz CT molecular complexity index is 732. The molecular weight excluding hydrogens is 282 g/mol. The zero-order valence-corrected chi connectivity index (χ0v) is 12.0. The van der Waals surface area contributed by atoms with Crippen LogP contribution in [-0.2, 0) is 11.3 Å². The van der Waals surface area contributed by atoms with Gasteiger partial charge in [0.2, 0.25) is 0 Å². The van der Waals surface area contributed by atoms with E-state index in [0.29, 0.717) is 17.2 Å². The Morgan fingerprint density at radius 2 is 2.00 bits per heavy atom. The van der Waals surface area contributed by atoms with Crippen LogP contribution in [0.4, 0.5) is 10.5 Å². The van der Waals surface area contributed by atoms with Crippen LogP contribution in [0.2, 0.25) is 0 Å². The van der Waals surface area contributed by atoms with Gasteiger partial charge in [-0.3, -0.25) is 9.69 Å². The number of nitrogens with two attached hydrogens (primary N) is 1. The minimum atomic E-state index is -0.519. The summed E-state index contributed by atoms with van der Waals surface area (Å²) in [5.74, 6) is 0.0809. The van der Waals surface area contributed by atoms with E-state index in [-0.39, 0.29) is 12.5 Å². The van der Waals surface area contributed by atoms with Crippen LogP contribution in [0, 0.1) is 0 Å². The van der Waals surface area contributed by atoms with Gasteiger partial charge in [-0.2, -0.15) is 0 Å². The lowest BCUT2D eigenvalue weighted by Crippen LogP contribution is -2.31. The van der Waals surface area contributed by atoms with E-state index >= 15 is 0 Å². The molecule has 1 saturated heterocycles. The molecule has 0 radical (unpaired) electrons. The molecule has 0 bridgehead atoms. The first kappa shape index (κ1) is 14.0. The first-order valence-electron chi connectivity index (χ1n) is 6.85. The zero-order valence-electron chi connectivity index (χ0n) is 12.0. The number of aromatic nitrogens is 2. The lowest BCUT2D eigenvalue weighted by Gasteiger charge is -2.13. The molecule has 7 heteroatoms. The number of carbonyl (C=O) groups excluding carboxylic acids is 2. The Hall–Kier alpha value is -2.96. The third kappa shape index (κ3) is 2.48. The lowest BCUT2D eigenvalue weighted by molar-refractivity contribution is -0.127. The fourth-order valence-corrected chi connectivity index (χ4v) is 2.28. The second kappa shape index (κ2) is 5.44. The molecule has 2 heterocycles. The van der Waals surface area contributed by atoms with Crippen molar-refractivity contribution in [2.24, 2.45) is 0 Å². The van der Waals surface area contributed by atoms with Gasteiger partial charge in [0.05, 0.1) is 24.1 Å². The van der Waals surface area contributed by atoms with Crippen LogP contribution < -0.4 is 11.1 Å². The Morgan fingerprint density at radius 3 is 2.64 bits per heavy atom. The molecule has 1 aliphatic heterocycles. The quantitative estimate of drug-likeness (QED) is 0.828. The summed E-state index contributed by atoms with van der Waals surface area (Å²) in [6.07, 6.45) is 1.49. The van der Waals surface area contributed by atoms with Gasteiger partial charge >= 0.3 is 6.03 Å². The van der Waals surface area contributed by atoms with E-state index < -0.39 is 12.1 Å². The minimum Gasteiger partial charge on any atom is -0.396 e. The molecule has 1 fully saturated rings. The van der Waals surface area contributed by atoms with Crippen molar-refractivity contribution >= 4 is 17.6 Å². The monoisotopic (exact) mass is 297 g/mol. The van der Waals surface area contributed by atoms with E-state index in [0.717, 1.165) is 10.5 Å². The molecule has 0 aliphatic carbocycles. The van der Waals surface area contributed by atoms with Crippen LogP contribution in [-0.4, -0.2) is 32.8 Å². The van der Waals surface area contributed by atoms with Crippen LogP contribution in [0.25, 0.3) is 11.3 Å². The number of imide groups is 1. The van der Waals surface area contributed by atoms with Gasteiger partial charge in [-0.15, -0.1) is 0 Å². The largest absolute Gasteiger partial charge is 0.396 e. The lowest BCUT2D eigenvalue weighted by atomic mass is 10.1. The number of nitrogens with zero attached hydrogens (tertiary/aromatic N) is 3. The van der Waals surface area contributed by atoms with Gasteiger partial charge < -0.3 is 11.1 Å². The van der Waals surface area contributed by atoms with Gasteiger partial charge in [-0.1, -0.05) is 30.3 Å². The first-order chi connectivity index (χ1) is 10.6. The Balaban J connectivity index is 1.90. The molecule has 22 heavy (non-hydrogen) atoms. The van der Waals surface area contributed by atoms with E-state index in [4.69, 9.17) is 5.73 Å². The van der Waals surface area contributed by atoms with Crippen molar-refractivity contribution in [2.75, 3.05) is 5.73 Å². The summed E-state index contributed by atoms with van der Waals surface area (Å²) in [6.45, 7) is 1.66. The predicted octanol–water partition coefficient (Wildman–Crippen LogP) is 1.17. The third-order valence-electron chi connectivity index (χ3n) is 3.44. The van der Waals surface area contributed by atoms with Crippen molar-refractivity contribution in [3.63, 3.8) is 0 Å². The van der Waals surface area contributed by atoms with Gasteiger partial charge in [-0.05, 0) is 6.92 Å². The number of urea groups is 1.